The van der Waals surface area contributed by atoms with Gasteiger partial charge in [-0.3, -0.25) is 9.69 Å². The fraction of sp³-hybridized carbons (Fsp3) is 0.304. The summed E-state index contributed by atoms with van der Waals surface area (Å²) < 4.78 is 7.45. The highest BCUT2D eigenvalue weighted by Gasteiger charge is 2.15. The molecule has 0 saturated carbocycles. The van der Waals surface area contributed by atoms with Crippen LogP contribution in [-0.2, 0) is 17.9 Å². The second kappa shape index (κ2) is 10.4. The third kappa shape index (κ3) is 5.93. The first-order valence-corrected chi connectivity index (χ1v) is 9.88. The number of carbonyl (C=O) groups excluding carboxylic acids is 1. The molecule has 1 N–H and O–H groups in total. The molecule has 0 aliphatic heterocycles. The summed E-state index contributed by atoms with van der Waals surface area (Å²) in [4.78, 5) is 19.3. The van der Waals surface area contributed by atoms with E-state index in [1.54, 1.807) is 7.11 Å². The Morgan fingerprint density at radius 2 is 1.90 bits per heavy atom. The fourth-order valence-electron chi connectivity index (χ4n) is 3.29. The van der Waals surface area contributed by atoms with Gasteiger partial charge in [-0.05, 0) is 30.7 Å². The highest BCUT2D eigenvalue weighted by molar-refractivity contribution is 5.93. The minimum Gasteiger partial charge on any atom is -0.495 e. The molecule has 6 heteroatoms. The highest BCUT2D eigenvalue weighted by atomic mass is 16.5. The third-order valence-electron chi connectivity index (χ3n) is 4.65. The fourth-order valence-corrected chi connectivity index (χ4v) is 3.29. The molecule has 2 aromatic carbocycles. The number of rotatable bonds is 10. The number of carbonyl (C=O) groups is 1. The van der Waals surface area contributed by atoms with Crippen LogP contribution in [0.15, 0.2) is 67.0 Å². The van der Waals surface area contributed by atoms with Crippen molar-refractivity contribution in [2.45, 2.75) is 26.4 Å². The molecule has 6 nitrogen and oxygen atoms in total. The molecule has 0 radical (unpaired) electrons. The quantitative estimate of drug-likeness (QED) is 0.570. The molecule has 0 bridgehead atoms. The Morgan fingerprint density at radius 1 is 1.14 bits per heavy atom. The summed E-state index contributed by atoms with van der Waals surface area (Å²) in [5.41, 5.74) is 1.91. The molecule has 152 valence electrons. The summed E-state index contributed by atoms with van der Waals surface area (Å²) in [5.74, 6) is 1.54. The van der Waals surface area contributed by atoms with Gasteiger partial charge in [0.15, 0.2) is 0 Å². The Kier molecular flexibility index (Phi) is 7.41. The van der Waals surface area contributed by atoms with E-state index in [4.69, 9.17) is 4.74 Å². The Morgan fingerprint density at radius 3 is 2.66 bits per heavy atom. The van der Waals surface area contributed by atoms with Crippen molar-refractivity contribution < 1.29 is 9.53 Å². The SMILES string of the molecule is CCCN(CC(=O)Nc1ccccc1OC)Cc1nccn1Cc1ccccc1. The molecule has 0 unspecified atom stereocenters. The Hall–Kier alpha value is -3.12. The molecule has 3 rings (SSSR count). The van der Waals surface area contributed by atoms with Crippen LogP contribution in [-0.4, -0.2) is 40.6 Å². The van der Waals surface area contributed by atoms with Gasteiger partial charge in [0.2, 0.25) is 5.91 Å². The van der Waals surface area contributed by atoms with Gasteiger partial charge in [0.1, 0.15) is 11.6 Å². The van der Waals surface area contributed by atoms with Crippen molar-refractivity contribution in [2.75, 3.05) is 25.5 Å². The predicted molar refractivity (Wildman–Crippen MR) is 115 cm³/mol. The summed E-state index contributed by atoms with van der Waals surface area (Å²) in [5, 5.41) is 2.95. The van der Waals surface area contributed by atoms with Crippen LogP contribution in [0.4, 0.5) is 5.69 Å². The van der Waals surface area contributed by atoms with Crippen molar-refractivity contribution >= 4 is 11.6 Å². The molecule has 0 saturated heterocycles. The molecule has 1 amide bonds. The van der Waals surface area contributed by atoms with E-state index in [-0.39, 0.29) is 5.91 Å². The summed E-state index contributed by atoms with van der Waals surface area (Å²) >= 11 is 0. The van der Waals surface area contributed by atoms with Crippen molar-refractivity contribution in [1.82, 2.24) is 14.5 Å². The minimum absolute atomic E-state index is 0.0656. The topological polar surface area (TPSA) is 59.4 Å². The summed E-state index contributed by atoms with van der Waals surface area (Å²) in [6.07, 6.45) is 4.76. The number of methoxy groups -OCH3 is 1. The number of amides is 1. The van der Waals surface area contributed by atoms with E-state index >= 15 is 0 Å². The zero-order valence-electron chi connectivity index (χ0n) is 17.0. The lowest BCUT2D eigenvalue weighted by Gasteiger charge is -2.21. The number of nitrogens with zero attached hydrogens (tertiary/aromatic N) is 3. The smallest absolute Gasteiger partial charge is 0.238 e. The van der Waals surface area contributed by atoms with E-state index in [0.29, 0.717) is 24.5 Å². The number of anilines is 1. The van der Waals surface area contributed by atoms with Crippen LogP contribution in [0, 0.1) is 0 Å². The second-order valence-corrected chi connectivity index (χ2v) is 6.92. The van der Waals surface area contributed by atoms with Crippen LogP contribution in [0.2, 0.25) is 0 Å². The molecule has 0 aliphatic carbocycles. The molecule has 0 atom stereocenters. The van der Waals surface area contributed by atoms with Gasteiger partial charge in [0.25, 0.3) is 0 Å². The van der Waals surface area contributed by atoms with Crippen molar-refractivity contribution in [3.8, 4) is 5.75 Å². The largest absolute Gasteiger partial charge is 0.495 e. The lowest BCUT2D eigenvalue weighted by molar-refractivity contribution is -0.117. The van der Waals surface area contributed by atoms with Crippen LogP contribution < -0.4 is 10.1 Å². The molecule has 0 fully saturated rings. The minimum atomic E-state index is -0.0656. The summed E-state index contributed by atoms with van der Waals surface area (Å²) in [6.45, 7) is 4.61. The zero-order chi connectivity index (χ0) is 20.5. The summed E-state index contributed by atoms with van der Waals surface area (Å²) in [6, 6.07) is 17.7. The lowest BCUT2D eigenvalue weighted by atomic mass is 10.2. The summed E-state index contributed by atoms with van der Waals surface area (Å²) in [7, 11) is 1.60. The van der Waals surface area contributed by atoms with E-state index in [9.17, 15) is 4.79 Å². The van der Waals surface area contributed by atoms with Crippen LogP contribution in [0.3, 0.4) is 0 Å². The van der Waals surface area contributed by atoms with Crippen LogP contribution >= 0.6 is 0 Å². The maximum atomic E-state index is 12.6. The van der Waals surface area contributed by atoms with Gasteiger partial charge in [-0.15, -0.1) is 0 Å². The van der Waals surface area contributed by atoms with Gasteiger partial charge in [0.05, 0.1) is 25.9 Å². The maximum absolute atomic E-state index is 12.6. The molecule has 0 aliphatic rings. The molecular weight excluding hydrogens is 364 g/mol. The predicted octanol–water partition coefficient (Wildman–Crippen LogP) is 3.79. The Balaban J connectivity index is 1.65. The van der Waals surface area contributed by atoms with Gasteiger partial charge < -0.3 is 14.6 Å². The van der Waals surface area contributed by atoms with Crippen LogP contribution in [0.1, 0.15) is 24.7 Å². The van der Waals surface area contributed by atoms with Crippen molar-refractivity contribution in [2.24, 2.45) is 0 Å². The molecule has 0 spiro atoms. The number of para-hydroxylation sites is 2. The monoisotopic (exact) mass is 392 g/mol. The van der Waals surface area contributed by atoms with Gasteiger partial charge in [-0.2, -0.15) is 0 Å². The van der Waals surface area contributed by atoms with E-state index in [1.165, 1.54) is 5.56 Å². The number of hydrogen-bond acceptors (Lipinski definition) is 4. The lowest BCUT2D eigenvalue weighted by Crippen LogP contribution is -2.34. The average molecular weight is 393 g/mol. The zero-order valence-corrected chi connectivity index (χ0v) is 17.0. The average Bonchev–Trinajstić information content (AvgIpc) is 3.15. The van der Waals surface area contributed by atoms with Crippen molar-refractivity contribution in [3.63, 3.8) is 0 Å². The number of benzene rings is 2. The third-order valence-corrected chi connectivity index (χ3v) is 4.65. The van der Waals surface area contributed by atoms with Crippen LogP contribution in [0.5, 0.6) is 5.75 Å². The molecule has 3 aromatic rings. The molecule has 1 heterocycles. The van der Waals surface area contributed by atoms with E-state index in [2.05, 4.69) is 38.8 Å². The Labute approximate surface area is 172 Å². The number of imidazole rings is 1. The highest BCUT2D eigenvalue weighted by Crippen LogP contribution is 2.23. The first-order valence-electron chi connectivity index (χ1n) is 9.88. The first kappa shape index (κ1) is 20.6. The van der Waals surface area contributed by atoms with E-state index in [1.807, 2.05) is 54.9 Å². The van der Waals surface area contributed by atoms with E-state index < -0.39 is 0 Å². The second-order valence-electron chi connectivity index (χ2n) is 6.92. The van der Waals surface area contributed by atoms with Gasteiger partial charge in [-0.25, -0.2) is 4.98 Å². The normalized spacial score (nSPS) is 10.9. The Bertz CT molecular complexity index is 908. The molecule has 29 heavy (non-hydrogen) atoms. The number of ether oxygens (including phenoxy) is 1. The van der Waals surface area contributed by atoms with Gasteiger partial charge in [0, 0.05) is 18.9 Å². The van der Waals surface area contributed by atoms with Crippen molar-refractivity contribution in [3.05, 3.63) is 78.4 Å². The van der Waals surface area contributed by atoms with Crippen molar-refractivity contribution in [1.29, 1.82) is 0 Å². The standard InChI is InChI=1S/C23H28N4O2/c1-3-14-26(18-23(28)25-20-11-7-8-12-21(20)29-2)17-22-24-13-15-27(22)16-19-9-5-4-6-10-19/h4-13,15H,3,14,16-18H2,1-2H3,(H,25,28). The van der Waals surface area contributed by atoms with Gasteiger partial charge in [-0.1, -0.05) is 49.4 Å². The maximum Gasteiger partial charge on any atom is 0.238 e. The van der Waals surface area contributed by atoms with Crippen LogP contribution in [0.25, 0.3) is 0 Å². The first-order chi connectivity index (χ1) is 14.2. The number of nitrogens with one attached hydrogen (secondary N) is 1. The molecular formula is C23H28N4O2. The van der Waals surface area contributed by atoms with E-state index in [0.717, 1.165) is 25.3 Å². The number of aromatic nitrogens is 2. The molecule has 1 aromatic heterocycles. The van der Waals surface area contributed by atoms with Gasteiger partial charge >= 0.3 is 0 Å². The number of hydrogen-bond donors (Lipinski definition) is 1.